The highest BCUT2D eigenvalue weighted by molar-refractivity contribution is 6.36. The molecule has 0 atom stereocenters. The fourth-order valence-corrected chi connectivity index (χ4v) is 1.98. The molecule has 0 aliphatic carbocycles. The number of oxazole rings is 1. The molecule has 2 aromatic heterocycles. The number of nitrogen functional groups attached to an aromatic ring is 1. The summed E-state index contributed by atoms with van der Waals surface area (Å²) in [5.41, 5.74) is 5.34. The minimum Gasteiger partial charge on any atom is -0.424 e. The van der Waals surface area contributed by atoms with Gasteiger partial charge in [0.25, 0.3) is 11.9 Å². The Morgan fingerprint density at radius 1 is 1.33 bits per heavy atom. The number of hydrogen-bond donors (Lipinski definition) is 1. The third-order valence-electron chi connectivity index (χ3n) is 2.40. The monoisotopic (exact) mass is 320 g/mol. The lowest BCUT2D eigenvalue weighted by Crippen LogP contribution is -2.17. The first-order chi connectivity index (χ1) is 9.85. The van der Waals surface area contributed by atoms with Crippen LogP contribution in [0.5, 0.6) is 5.75 Å². The molecule has 0 bridgehead atoms. The second kappa shape index (κ2) is 4.52. The maximum absolute atomic E-state index is 12.4. The van der Waals surface area contributed by atoms with Crippen LogP contribution in [0.15, 0.2) is 21.3 Å². The molecule has 3 rings (SSSR count). The lowest BCUT2D eigenvalue weighted by molar-refractivity contribution is -0.274. The first-order valence-electron chi connectivity index (χ1n) is 5.26. The van der Waals surface area contributed by atoms with Crippen molar-refractivity contribution in [3.8, 4) is 17.2 Å². The Labute approximate surface area is 118 Å². The van der Waals surface area contributed by atoms with Crippen molar-refractivity contribution in [3.63, 3.8) is 0 Å². The van der Waals surface area contributed by atoms with E-state index < -0.39 is 17.1 Å². The second-order valence-electron chi connectivity index (χ2n) is 3.75. The fraction of sp³-hybridized carbons (Fsp3) is 0.100. The van der Waals surface area contributed by atoms with Crippen LogP contribution in [0.25, 0.3) is 22.6 Å². The summed E-state index contributed by atoms with van der Waals surface area (Å²) in [4.78, 5) is 3.83. The minimum atomic E-state index is -4.94. The molecule has 0 saturated heterocycles. The van der Waals surface area contributed by atoms with E-state index in [1.165, 1.54) is 0 Å². The molecule has 0 radical (unpaired) electrons. The van der Waals surface area contributed by atoms with Gasteiger partial charge < -0.3 is 19.3 Å². The van der Waals surface area contributed by atoms with E-state index >= 15 is 0 Å². The topological polar surface area (TPSA) is 100 Å². The highest BCUT2D eigenvalue weighted by Gasteiger charge is 2.34. The van der Waals surface area contributed by atoms with Crippen molar-refractivity contribution in [3.05, 3.63) is 17.5 Å². The van der Waals surface area contributed by atoms with E-state index in [1.54, 1.807) is 0 Å². The smallest absolute Gasteiger partial charge is 0.424 e. The number of nitrogens with two attached hydrogens (primary N) is 1. The summed E-state index contributed by atoms with van der Waals surface area (Å²) in [6.45, 7) is 0. The molecule has 2 heterocycles. The van der Waals surface area contributed by atoms with Gasteiger partial charge in [-0.25, -0.2) is 0 Å². The molecule has 0 amide bonds. The van der Waals surface area contributed by atoms with Crippen molar-refractivity contribution in [1.82, 2.24) is 15.2 Å². The van der Waals surface area contributed by atoms with Crippen LogP contribution in [0.2, 0.25) is 5.02 Å². The average Bonchev–Trinajstić information content (AvgIpc) is 2.97. The van der Waals surface area contributed by atoms with E-state index in [4.69, 9.17) is 26.2 Å². The molecule has 3 aromatic rings. The van der Waals surface area contributed by atoms with Crippen LogP contribution < -0.4 is 10.5 Å². The van der Waals surface area contributed by atoms with Gasteiger partial charge in [0.1, 0.15) is 5.52 Å². The lowest BCUT2D eigenvalue weighted by Gasteiger charge is -2.11. The molecule has 1 aromatic carbocycles. The minimum absolute atomic E-state index is 0.0635. The van der Waals surface area contributed by atoms with Crippen molar-refractivity contribution in [1.29, 1.82) is 0 Å². The number of ether oxygens (including phenoxy) is 1. The summed E-state index contributed by atoms with van der Waals surface area (Å²) >= 11 is 5.92. The molecule has 2 N–H and O–H groups in total. The molecule has 7 nitrogen and oxygen atoms in total. The third kappa shape index (κ3) is 2.44. The summed E-state index contributed by atoms with van der Waals surface area (Å²) in [5.74, 6) is -0.841. The molecular formula is C10H4ClF3N4O3. The number of benzene rings is 1. The predicted molar refractivity (Wildman–Crippen MR) is 63.4 cm³/mol. The summed E-state index contributed by atoms with van der Waals surface area (Å²) in [6.07, 6.45) is -3.95. The maximum Gasteiger partial charge on any atom is 0.573 e. The third-order valence-corrected chi connectivity index (χ3v) is 2.78. The van der Waals surface area contributed by atoms with Crippen molar-refractivity contribution in [2.75, 3.05) is 5.73 Å². The number of aromatic nitrogens is 3. The molecule has 0 fully saturated rings. The van der Waals surface area contributed by atoms with E-state index in [9.17, 15) is 13.2 Å². The van der Waals surface area contributed by atoms with Gasteiger partial charge in [-0.2, -0.15) is 4.98 Å². The SMILES string of the molecule is Nc1nc2c(-c3nnco3)c(Cl)c(OC(F)(F)F)cc2o1. The molecule has 0 spiro atoms. The van der Waals surface area contributed by atoms with Crippen LogP contribution in [0.1, 0.15) is 0 Å². The van der Waals surface area contributed by atoms with Crippen molar-refractivity contribution < 1.29 is 26.7 Å². The van der Waals surface area contributed by atoms with Gasteiger partial charge in [0, 0.05) is 6.07 Å². The summed E-state index contributed by atoms with van der Waals surface area (Å²) < 4.78 is 51.0. The van der Waals surface area contributed by atoms with E-state index in [2.05, 4.69) is 19.9 Å². The number of halogens is 4. The van der Waals surface area contributed by atoms with Crippen molar-refractivity contribution in [2.45, 2.75) is 6.36 Å². The second-order valence-corrected chi connectivity index (χ2v) is 4.13. The van der Waals surface area contributed by atoms with Gasteiger partial charge in [-0.15, -0.1) is 23.4 Å². The largest absolute Gasteiger partial charge is 0.573 e. The van der Waals surface area contributed by atoms with E-state index in [1.807, 2.05) is 0 Å². The lowest BCUT2D eigenvalue weighted by atomic mass is 10.1. The van der Waals surface area contributed by atoms with Crippen LogP contribution in [0, 0.1) is 0 Å². The van der Waals surface area contributed by atoms with Crippen LogP contribution in [-0.4, -0.2) is 21.5 Å². The number of fused-ring (bicyclic) bond motifs is 1. The highest BCUT2D eigenvalue weighted by Crippen LogP contribution is 2.42. The number of nitrogens with zero attached hydrogens (tertiary/aromatic N) is 3. The van der Waals surface area contributed by atoms with Gasteiger partial charge in [0.05, 0.1) is 10.6 Å². The molecule has 0 saturated carbocycles. The van der Waals surface area contributed by atoms with Crippen LogP contribution in [0.4, 0.5) is 19.2 Å². The normalized spacial score (nSPS) is 12.0. The molecule has 0 aliphatic rings. The van der Waals surface area contributed by atoms with Gasteiger partial charge in [0.15, 0.2) is 11.3 Å². The highest BCUT2D eigenvalue weighted by atomic mass is 35.5. The van der Waals surface area contributed by atoms with Gasteiger partial charge in [0.2, 0.25) is 6.39 Å². The van der Waals surface area contributed by atoms with Crippen molar-refractivity contribution >= 4 is 28.7 Å². The first-order valence-corrected chi connectivity index (χ1v) is 5.64. The zero-order valence-electron chi connectivity index (χ0n) is 9.81. The molecule has 110 valence electrons. The molecule has 0 unspecified atom stereocenters. The Kier molecular flexibility index (Phi) is 2.90. The molecule has 0 aliphatic heterocycles. The number of anilines is 1. The number of hydrogen-bond acceptors (Lipinski definition) is 7. The van der Waals surface area contributed by atoms with Gasteiger partial charge in [-0.3, -0.25) is 0 Å². The average molecular weight is 321 g/mol. The Balaban J connectivity index is 2.29. The molecule has 21 heavy (non-hydrogen) atoms. The fourth-order valence-electron chi connectivity index (χ4n) is 1.71. The zero-order chi connectivity index (χ0) is 15.2. The summed E-state index contributed by atoms with van der Waals surface area (Å²) in [6, 6.07) is 0.667. The van der Waals surface area contributed by atoms with Gasteiger partial charge in [-0.1, -0.05) is 11.6 Å². The molecule has 11 heteroatoms. The first kappa shape index (κ1) is 13.5. The van der Waals surface area contributed by atoms with Crippen LogP contribution >= 0.6 is 11.6 Å². The van der Waals surface area contributed by atoms with E-state index in [0.717, 1.165) is 12.5 Å². The number of alkyl halides is 3. The van der Waals surface area contributed by atoms with E-state index in [0.29, 0.717) is 0 Å². The Hall–Kier alpha value is -2.49. The molecular weight excluding hydrogens is 317 g/mol. The van der Waals surface area contributed by atoms with Gasteiger partial charge in [-0.05, 0) is 0 Å². The van der Waals surface area contributed by atoms with E-state index in [-0.39, 0.29) is 28.6 Å². The quantitative estimate of drug-likeness (QED) is 0.774. The Morgan fingerprint density at radius 3 is 2.71 bits per heavy atom. The van der Waals surface area contributed by atoms with Crippen molar-refractivity contribution in [2.24, 2.45) is 0 Å². The summed E-state index contributed by atoms with van der Waals surface area (Å²) in [5, 5.41) is 6.61. The summed E-state index contributed by atoms with van der Waals surface area (Å²) in [7, 11) is 0. The Morgan fingerprint density at radius 2 is 2.10 bits per heavy atom. The van der Waals surface area contributed by atoms with Crippen LogP contribution in [0.3, 0.4) is 0 Å². The predicted octanol–water partition coefficient (Wildman–Crippen LogP) is 3.01. The Bertz CT molecular complexity index is 800. The van der Waals surface area contributed by atoms with Gasteiger partial charge >= 0.3 is 6.36 Å². The standard InChI is InChI=1S/C10H4ClF3N4O3/c11-6-3(21-10(12,13)14)1-4-7(17-9(15)20-4)5(6)8-18-16-2-19-8/h1-2H,(H2,15,17). The zero-order valence-corrected chi connectivity index (χ0v) is 10.6. The maximum atomic E-state index is 12.4. The number of rotatable bonds is 2. The van der Waals surface area contributed by atoms with Crippen LogP contribution in [-0.2, 0) is 0 Å².